The van der Waals surface area contributed by atoms with Gasteiger partial charge in [-0.25, -0.2) is 0 Å². The molecule has 1 atom stereocenters. The summed E-state index contributed by atoms with van der Waals surface area (Å²) in [5.41, 5.74) is 0. The Hall–Kier alpha value is -2.89. The van der Waals surface area contributed by atoms with E-state index < -0.39 is 6.10 Å². The first-order chi connectivity index (χ1) is 32.5. The summed E-state index contributed by atoms with van der Waals surface area (Å²) in [7, 11) is 0. The zero-order valence-electron chi connectivity index (χ0n) is 43.7. The first-order valence-corrected chi connectivity index (χ1v) is 28.3. The molecular formula is C60H106O6. The molecule has 0 aromatic carbocycles. The lowest BCUT2D eigenvalue weighted by Crippen LogP contribution is -2.30. The monoisotopic (exact) mass is 923 g/mol. The van der Waals surface area contributed by atoms with Crippen LogP contribution in [0.4, 0.5) is 0 Å². The molecule has 0 saturated heterocycles. The Morgan fingerprint density at radius 2 is 0.591 bits per heavy atom. The summed E-state index contributed by atoms with van der Waals surface area (Å²) >= 11 is 0. The minimum absolute atomic E-state index is 0.0763. The summed E-state index contributed by atoms with van der Waals surface area (Å²) in [4.78, 5) is 38.0. The number of carbonyl (C=O) groups is 3. The van der Waals surface area contributed by atoms with Gasteiger partial charge in [-0.05, 0) is 83.5 Å². The number of hydrogen-bond acceptors (Lipinski definition) is 6. The predicted octanol–water partition coefficient (Wildman–Crippen LogP) is 18.8. The Kier molecular flexibility index (Phi) is 52.3. The van der Waals surface area contributed by atoms with E-state index >= 15 is 0 Å². The van der Waals surface area contributed by atoms with E-state index in [1.54, 1.807) is 0 Å². The van der Waals surface area contributed by atoms with E-state index in [1.807, 2.05) is 0 Å². The van der Waals surface area contributed by atoms with Crippen molar-refractivity contribution in [2.24, 2.45) is 0 Å². The molecule has 0 spiro atoms. The third kappa shape index (κ3) is 52.1. The highest BCUT2D eigenvalue weighted by Crippen LogP contribution is 2.15. The van der Waals surface area contributed by atoms with Crippen LogP contribution in [0, 0.1) is 0 Å². The largest absolute Gasteiger partial charge is 0.462 e. The van der Waals surface area contributed by atoms with Gasteiger partial charge in [0, 0.05) is 19.3 Å². The topological polar surface area (TPSA) is 78.9 Å². The lowest BCUT2D eigenvalue weighted by atomic mass is 10.1. The molecule has 6 nitrogen and oxygen atoms in total. The van der Waals surface area contributed by atoms with Crippen LogP contribution < -0.4 is 0 Å². The zero-order chi connectivity index (χ0) is 47.9. The van der Waals surface area contributed by atoms with Crippen molar-refractivity contribution in [1.29, 1.82) is 0 Å². The molecule has 6 heteroatoms. The summed E-state index contributed by atoms with van der Waals surface area (Å²) in [6.45, 7) is 6.52. The van der Waals surface area contributed by atoms with Crippen molar-refractivity contribution in [3.8, 4) is 0 Å². The van der Waals surface area contributed by atoms with E-state index in [0.29, 0.717) is 19.3 Å². The van der Waals surface area contributed by atoms with Gasteiger partial charge < -0.3 is 14.2 Å². The number of unbranched alkanes of at least 4 members (excludes halogenated alkanes) is 30. The number of carbonyl (C=O) groups excluding carboxylic acids is 3. The molecule has 0 radical (unpaired) electrons. The van der Waals surface area contributed by atoms with Crippen LogP contribution in [0.2, 0.25) is 0 Å². The quantitative estimate of drug-likeness (QED) is 0.0262. The Morgan fingerprint density at radius 3 is 0.939 bits per heavy atom. The second-order valence-corrected chi connectivity index (χ2v) is 18.8. The number of rotatable bonds is 51. The molecule has 0 saturated carbocycles. The lowest BCUT2D eigenvalue weighted by Gasteiger charge is -2.18. The third-order valence-electron chi connectivity index (χ3n) is 12.3. The van der Waals surface area contributed by atoms with Gasteiger partial charge in [-0.15, -0.1) is 0 Å². The summed E-state index contributed by atoms with van der Waals surface area (Å²) in [5.74, 6) is -0.883. The van der Waals surface area contributed by atoms with Crippen molar-refractivity contribution in [2.75, 3.05) is 13.2 Å². The van der Waals surface area contributed by atoms with Gasteiger partial charge in [0.25, 0.3) is 0 Å². The molecule has 0 aliphatic rings. The first-order valence-electron chi connectivity index (χ1n) is 28.3. The van der Waals surface area contributed by atoms with Crippen LogP contribution in [-0.2, 0) is 28.6 Å². The summed E-state index contributed by atoms with van der Waals surface area (Å²) in [6.07, 6.45) is 67.9. The average Bonchev–Trinajstić information content (AvgIpc) is 3.31. The van der Waals surface area contributed by atoms with E-state index in [-0.39, 0.29) is 31.1 Å². The van der Waals surface area contributed by atoms with E-state index in [2.05, 4.69) is 81.5 Å². The maximum atomic E-state index is 12.8. The number of hydrogen-bond donors (Lipinski definition) is 0. The second kappa shape index (κ2) is 54.7. The molecule has 0 aliphatic heterocycles. The minimum Gasteiger partial charge on any atom is -0.462 e. The van der Waals surface area contributed by atoms with Gasteiger partial charge in [0.05, 0.1) is 0 Å². The molecule has 0 rings (SSSR count). The smallest absolute Gasteiger partial charge is 0.306 e. The minimum atomic E-state index is -0.777. The van der Waals surface area contributed by atoms with Crippen molar-refractivity contribution in [3.63, 3.8) is 0 Å². The number of ether oxygens (including phenoxy) is 3. The molecule has 0 bridgehead atoms. The van der Waals surface area contributed by atoms with Gasteiger partial charge >= 0.3 is 17.9 Å². The van der Waals surface area contributed by atoms with E-state index in [4.69, 9.17) is 14.2 Å². The standard InChI is InChI=1S/C60H106O6/c1-4-7-10-13-16-19-21-23-25-27-28-29-30-31-32-33-35-36-38-41-44-47-50-53-59(62)65-56-57(55-64-58(61)52-49-46-43-40-18-15-12-9-6-3)66-60(63)54-51-48-45-42-39-37-34-26-24-22-20-17-14-11-8-5-2/h7,10,16,19,23,25-26,28-29,34,57H,4-6,8-9,11-15,17-18,20-22,24,27,30-33,35-56H2,1-3H3/b10-7-,19-16-,25-23-,29-28-,34-26-. The molecule has 0 aromatic heterocycles. The molecule has 0 aliphatic carbocycles. The van der Waals surface area contributed by atoms with Crippen LogP contribution >= 0.6 is 0 Å². The lowest BCUT2D eigenvalue weighted by molar-refractivity contribution is -0.167. The Bertz CT molecular complexity index is 1200. The van der Waals surface area contributed by atoms with Gasteiger partial charge in [-0.2, -0.15) is 0 Å². The molecule has 0 heterocycles. The maximum absolute atomic E-state index is 12.8. The number of esters is 3. The summed E-state index contributed by atoms with van der Waals surface area (Å²) in [6, 6.07) is 0. The highest BCUT2D eigenvalue weighted by molar-refractivity contribution is 5.71. The van der Waals surface area contributed by atoms with Crippen molar-refractivity contribution in [3.05, 3.63) is 60.8 Å². The molecule has 0 amide bonds. The first kappa shape index (κ1) is 63.1. The highest BCUT2D eigenvalue weighted by atomic mass is 16.6. The van der Waals surface area contributed by atoms with E-state index in [1.165, 1.54) is 154 Å². The van der Waals surface area contributed by atoms with E-state index in [0.717, 1.165) is 89.9 Å². The van der Waals surface area contributed by atoms with Crippen LogP contribution in [0.1, 0.15) is 284 Å². The number of allylic oxidation sites excluding steroid dienone is 10. The molecule has 0 aromatic rings. The van der Waals surface area contributed by atoms with Crippen molar-refractivity contribution < 1.29 is 28.6 Å². The van der Waals surface area contributed by atoms with Gasteiger partial charge in [-0.1, -0.05) is 242 Å². The van der Waals surface area contributed by atoms with Crippen molar-refractivity contribution >= 4 is 17.9 Å². The van der Waals surface area contributed by atoms with Crippen LogP contribution in [0.3, 0.4) is 0 Å². The SMILES string of the molecule is CC/C=C\C/C=C\C/C=C\C/C=C\CCCCCCCCCCCCC(=O)OCC(COC(=O)CCCCCCCCCCC)OC(=O)CCCCCCC/C=C\CCCCCCCCC. The third-order valence-corrected chi connectivity index (χ3v) is 12.3. The van der Waals surface area contributed by atoms with Crippen molar-refractivity contribution in [2.45, 2.75) is 290 Å². The maximum Gasteiger partial charge on any atom is 0.306 e. The fourth-order valence-corrected chi connectivity index (χ4v) is 8.02. The van der Waals surface area contributed by atoms with Gasteiger partial charge in [0.1, 0.15) is 13.2 Å². The van der Waals surface area contributed by atoms with Crippen LogP contribution in [-0.4, -0.2) is 37.2 Å². The fraction of sp³-hybridized carbons (Fsp3) is 0.783. The fourth-order valence-electron chi connectivity index (χ4n) is 8.02. The Labute approximate surface area is 409 Å². The molecular weight excluding hydrogens is 817 g/mol. The van der Waals surface area contributed by atoms with Crippen molar-refractivity contribution in [1.82, 2.24) is 0 Å². The molecule has 382 valence electrons. The zero-order valence-corrected chi connectivity index (χ0v) is 43.7. The Morgan fingerprint density at radius 1 is 0.318 bits per heavy atom. The predicted molar refractivity (Wildman–Crippen MR) is 284 cm³/mol. The molecule has 0 N–H and O–H groups in total. The van der Waals surface area contributed by atoms with Gasteiger partial charge in [0.2, 0.25) is 0 Å². The molecule has 1 unspecified atom stereocenters. The average molecular weight is 924 g/mol. The second-order valence-electron chi connectivity index (χ2n) is 18.8. The van der Waals surface area contributed by atoms with Gasteiger partial charge in [0.15, 0.2) is 6.10 Å². The highest BCUT2D eigenvalue weighted by Gasteiger charge is 2.19. The molecule has 66 heavy (non-hydrogen) atoms. The van der Waals surface area contributed by atoms with Crippen LogP contribution in [0.25, 0.3) is 0 Å². The van der Waals surface area contributed by atoms with Gasteiger partial charge in [-0.3, -0.25) is 14.4 Å². The normalized spacial score (nSPS) is 12.5. The van der Waals surface area contributed by atoms with Crippen LogP contribution in [0.5, 0.6) is 0 Å². The Balaban J connectivity index is 4.25. The van der Waals surface area contributed by atoms with Crippen LogP contribution in [0.15, 0.2) is 60.8 Å². The molecule has 0 fully saturated rings. The summed E-state index contributed by atoms with van der Waals surface area (Å²) < 4.78 is 16.8. The van der Waals surface area contributed by atoms with E-state index in [9.17, 15) is 14.4 Å². The summed E-state index contributed by atoms with van der Waals surface area (Å²) in [5, 5.41) is 0.